The van der Waals surface area contributed by atoms with E-state index >= 15 is 0 Å². The molecular formula is C14H14FN3O. The Kier molecular flexibility index (Phi) is 3.37. The largest absolute Gasteiger partial charge is 0.399 e. The van der Waals surface area contributed by atoms with E-state index in [1.165, 1.54) is 18.2 Å². The highest BCUT2D eigenvalue weighted by atomic mass is 19.1. The molecule has 5 heteroatoms. The lowest BCUT2D eigenvalue weighted by atomic mass is 10.1. The lowest BCUT2D eigenvalue weighted by molar-refractivity contribution is 0.102. The van der Waals surface area contributed by atoms with Crippen molar-refractivity contribution in [3.8, 4) is 0 Å². The molecule has 1 amide bonds. The van der Waals surface area contributed by atoms with Crippen molar-refractivity contribution in [2.24, 2.45) is 0 Å². The fourth-order valence-corrected chi connectivity index (χ4v) is 1.74. The van der Waals surface area contributed by atoms with Gasteiger partial charge in [-0.2, -0.15) is 0 Å². The minimum Gasteiger partial charge on any atom is -0.399 e. The smallest absolute Gasteiger partial charge is 0.255 e. The Hall–Kier alpha value is -2.56. The minimum absolute atomic E-state index is 0.131. The Labute approximate surface area is 110 Å². The average molecular weight is 259 g/mol. The van der Waals surface area contributed by atoms with Crippen LogP contribution in [0, 0.1) is 12.7 Å². The number of carbonyl (C=O) groups excluding carboxylic acids is 1. The number of halogens is 1. The van der Waals surface area contributed by atoms with Crippen molar-refractivity contribution in [2.75, 3.05) is 16.8 Å². The summed E-state index contributed by atoms with van der Waals surface area (Å²) in [5, 5.41) is 2.50. The molecule has 0 fully saturated rings. The molecule has 98 valence electrons. The van der Waals surface area contributed by atoms with E-state index in [1.807, 2.05) is 6.92 Å². The molecule has 19 heavy (non-hydrogen) atoms. The topological polar surface area (TPSA) is 81.1 Å². The van der Waals surface area contributed by atoms with Crippen molar-refractivity contribution >= 4 is 23.0 Å². The summed E-state index contributed by atoms with van der Waals surface area (Å²) in [7, 11) is 0. The fraction of sp³-hybridized carbons (Fsp3) is 0.0714. The molecule has 0 bridgehead atoms. The quantitative estimate of drug-likeness (QED) is 0.725. The van der Waals surface area contributed by atoms with Crippen LogP contribution >= 0.6 is 0 Å². The van der Waals surface area contributed by atoms with Crippen LogP contribution in [0.15, 0.2) is 36.4 Å². The molecule has 0 heterocycles. The molecule has 0 saturated heterocycles. The fourth-order valence-electron chi connectivity index (χ4n) is 1.74. The van der Waals surface area contributed by atoms with Gasteiger partial charge in [-0.15, -0.1) is 0 Å². The Morgan fingerprint density at radius 2 is 1.74 bits per heavy atom. The van der Waals surface area contributed by atoms with E-state index < -0.39 is 11.7 Å². The molecule has 0 atom stereocenters. The van der Waals surface area contributed by atoms with Gasteiger partial charge in [0.05, 0.1) is 5.69 Å². The van der Waals surface area contributed by atoms with Crippen LogP contribution in [0.1, 0.15) is 15.9 Å². The predicted octanol–water partition coefficient (Wildman–Crippen LogP) is 2.55. The van der Waals surface area contributed by atoms with Crippen LogP contribution in [0.2, 0.25) is 0 Å². The van der Waals surface area contributed by atoms with Gasteiger partial charge >= 0.3 is 0 Å². The molecule has 0 radical (unpaired) electrons. The molecule has 0 aliphatic heterocycles. The first-order valence-corrected chi connectivity index (χ1v) is 5.69. The summed E-state index contributed by atoms with van der Waals surface area (Å²) < 4.78 is 13.5. The number of benzene rings is 2. The van der Waals surface area contributed by atoms with Crippen molar-refractivity contribution < 1.29 is 9.18 Å². The second-order valence-electron chi connectivity index (χ2n) is 4.33. The zero-order valence-corrected chi connectivity index (χ0v) is 10.4. The first-order valence-electron chi connectivity index (χ1n) is 5.69. The third-order valence-electron chi connectivity index (χ3n) is 2.61. The zero-order chi connectivity index (χ0) is 14.0. The summed E-state index contributed by atoms with van der Waals surface area (Å²) in [6, 6.07) is 9.01. The zero-order valence-electron chi connectivity index (χ0n) is 10.4. The van der Waals surface area contributed by atoms with Crippen molar-refractivity contribution in [3.63, 3.8) is 0 Å². The monoisotopic (exact) mass is 259 g/mol. The SMILES string of the molecule is Cc1ccc(F)c(NC(=O)c2cc(N)cc(N)c2)c1. The molecule has 0 spiro atoms. The summed E-state index contributed by atoms with van der Waals surface area (Å²) in [6.45, 7) is 1.81. The summed E-state index contributed by atoms with van der Waals surface area (Å²) >= 11 is 0. The van der Waals surface area contributed by atoms with Gasteiger partial charge in [0.15, 0.2) is 0 Å². The van der Waals surface area contributed by atoms with E-state index in [-0.39, 0.29) is 5.69 Å². The molecule has 5 N–H and O–H groups in total. The number of hydrogen-bond donors (Lipinski definition) is 3. The van der Waals surface area contributed by atoms with Crippen LogP contribution in [0.5, 0.6) is 0 Å². The van der Waals surface area contributed by atoms with Crippen LogP contribution in [-0.4, -0.2) is 5.91 Å². The molecule has 0 aliphatic rings. The van der Waals surface area contributed by atoms with Crippen LogP contribution in [0.4, 0.5) is 21.5 Å². The summed E-state index contributed by atoms with van der Waals surface area (Å²) in [4.78, 5) is 12.0. The van der Waals surface area contributed by atoms with Gasteiger partial charge in [-0.3, -0.25) is 4.79 Å². The highest BCUT2D eigenvalue weighted by molar-refractivity contribution is 6.05. The Bertz CT molecular complexity index is 620. The number of anilines is 3. The molecule has 2 aromatic carbocycles. The number of rotatable bonds is 2. The average Bonchev–Trinajstić information content (AvgIpc) is 2.32. The molecule has 2 aromatic rings. The van der Waals surface area contributed by atoms with Crippen molar-refractivity contribution in [3.05, 3.63) is 53.3 Å². The molecule has 0 saturated carbocycles. The first kappa shape index (κ1) is 12.9. The van der Waals surface area contributed by atoms with E-state index in [9.17, 15) is 9.18 Å². The summed E-state index contributed by atoms with van der Waals surface area (Å²) in [6.07, 6.45) is 0. The van der Waals surface area contributed by atoms with Crippen molar-refractivity contribution in [2.45, 2.75) is 6.92 Å². The highest BCUT2D eigenvalue weighted by Gasteiger charge is 2.10. The van der Waals surface area contributed by atoms with Gasteiger partial charge in [-0.05, 0) is 42.8 Å². The van der Waals surface area contributed by atoms with Gasteiger partial charge in [0, 0.05) is 16.9 Å². The number of nitrogens with one attached hydrogen (secondary N) is 1. The molecule has 0 aliphatic carbocycles. The molecular weight excluding hydrogens is 245 g/mol. The van der Waals surface area contributed by atoms with Gasteiger partial charge in [0.1, 0.15) is 5.82 Å². The Morgan fingerprint density at radius 1 is 1.11 bits per heavy atom. The lowest BCUT2D eigenvalue weighted by Crippen LogP contribution is -2.14. The third kappa shape index (κ3) is 3.01. The third-order valence-corrected chi connectivity index (χ3v) is 2.61. The molecule has 4 nitrogen and oxygen atoms in total. The molecule has 0 aromatic heterocycles. The second-order valence-corrected chi connectivity index (χ2v) is 4.33. The van der Waals surface area contributed by atoms with Gasteiger partial charge in [-0.1, -0.05) is 6.07 Å². The van der Waals surface area contributed by atoms with Gasteiger partial charge in [0.2, 0.25) is 0 Å². The maximum absolute atomic E-state index is 13.5. The Balaban J connectivity index is 2.28. The summed E-state index contributed by atoms with van der Waals surface area (Å²) in [5.74, 6) is -0.945. The second kappa shape index (κ2) is 4.97. The van der Waals surface area contributed by atoms with Crippen LogP contribution < -0.4 is 16.8 Å². The lowest BCUT2D eigenvalue weighted by Gasteiger charge is -2.08. The maximum Gasteiger partial charge on any atom is 0.255 e. The van der Waals surface area contributed by atoms with Crippen LogP contribution in [-0.2, 0) is 0 Å². The minimum atomic E-state index is -0.490. The van der Waals surface area contributed by atoms with Gasteiger partial charge in [0.25, 0.3) is 5.91 Å². The van der Waals surface area contributed by atoms with Crippen LogP contribution in [0.3, 0.4) is 0 Å². The van der Waals surface area contributed by atoms with Crippen LogP contribution in [0.25, 0.3) is 0 Å². The van der Waals surface area contributed by atoms with Gasteiger partial charge in [-0.25, -0.2) is 4.39 Å². The van der Waals surface area contributed by atoms with E-state index in [1.54, 1.807) is 18.2 Å². The standard InChI is InChI=1S/C14H14FN3O/c1-8-2-3-12(15)13(4-8)18-14(19)9-5-10(16)7-11(17)6-9/h2-7H,16-17H2,1H3,(H,18,19). The molecule has 2 rings (SSSR count). The number of amides is 1. The maximum atomic E-state index is 13.5. The number of nitrogen functional groups attached to an aromatic ring is 2. The highest BCUT2D eigenvalue weighted by Crippen LogP contribution is 2.19. The number of carbonyl (C=O) groups is 1. The first-order chi connectivity index (χ1) is 8.95. The van der Waals surface area contributed by atoms with E-state index in [4.69, 9.17) is 11.5 Å². The molecule has 0 unspecified atom stereocenters. The normalized spacial score (nSPS) is 10.2. The number of hydrogen-bond acceptors (Lipinski definition) is 3. The van der Waals surface area contributed by atoms with E-state index in [0.29, 0.717) is 16.9 Å². The van der Waals surface area contributed by atoms with E-state index in [2.05, 4.69) is 5.32 Å². The van der Waals surface area contributed by atoms with Crippen molar-refractivity contribution in [1.82, 2.24) is 0 Å². The van der Waals surface area contributed by atoms with Gasteiger partial charge < -0.3 is 16.8 Å². The van der Waals surface area contributed by atoms with Crippen molar-refractivity contribution in [1.29, 1.82) is 0 Å². The Morgan fingerprint density at radius 3 is 2.37 bits per heavy atom. The number of aryl methyl sites for hydroxylation is 1. The number of nitrogens with two attached hydrogens (primary N) is 2. The summed E-state index contributed by atoms with van der Waals surface area (Å²) in [5.41, 5.74) is 13.3. The van der Waals surface area contributed by atoms with E-state index in [0.717, 1.165) is 5.56 Å². The predicted molar refractivity (Wildman–Crippen MR) is 74.4 cm³/mol.